The average molecular weight is 282 g/mol. The summed E-state index contributed by atoms with van der Waals surface area (Å²) in [6, 6.07) is 8.57. The van der Waals surface area contributed by atoms with Crippen molar-refractivity contribution in [3.05, 3.63) is 34.2 Å². The van der Waals surface area contributed by atoms with Crippen molar-refractivity contribution in [2.24, 2.45) is 0 Å². The van der Waals surface area contributed by atoms with Crippen molar-refractivity contribution in [2.45, 2.75) is 25.4 Å². The minimum atomic E-state index is 0.252. The SMILES string of the molecule is OC[C@@H]1CCCN1Cc1sc2ccccc2c1Cl. The van der Waals surface area contributed by atoms with Crippen molar-refractivity contribution >= 4 is 33.0 Å². The Bertz CT molecular complexity index is 554. The first-order valence-electron chi connectivity index (χ1n) is 6.30. The summed E-state index contributed by atoms with van der Waals surface area (Å²) in [6.07, 6.45) is 2.27. The molecule has 0 bridgehead atoms. The number of likely N-dealkylation sites (tertiary alicyclic amines) is 1. The van der Waals surface area contributed by atoms with E-state index in [2.05, 4.69) is 17.0 Å². The van der Waals surface area contributed by atoms with Crippen molar-refractivity contribution in [3.63, 3.8) is 0 Å². The summed E-state index contributed by atoms with van der Waals surface area (Å²) in [7, 11) is 0. The lowest BCUT2D eigenvalue weighted by molar-refractivity contribution is 0.154. The van der Waals surface area contributed by atoms with Crippen LogP contribution >= 0.6 is 22.9 Å². The third kappa shape index (κ3) is 2.16. The summed E-state index contributed by atoms with van der Waals surface area (Å²) in [6.45, 7) is 2.18. The topological polar surface area (TPSA) is 23.5 Å². The van der Waals surface area contributed by atoms with E-state index in [0.717, 1.165) is 29.9 Å². The van der Waals surface area contributed by atoms with Crippen LogP contribution in [0, 0.1) is 0 Å². The van der Waals surface area contributed by atoms with E-state index >= 15 is 0 Å². The Morgan fingerprint density at radius 3 is 3.00 bits per heavy atom. The molecule has 1 atom stereocenters. The van der Waals surface area contributed by atoms with E-state index in [4.69, 9.17) is 11.6 Å². The van der Waals surface area contributed by atoms with E-state index in [9.17, 15) is 5.11 Å². The molecule has 96 valence electrons. The highest BCUT2D eigenvalue weighted by Gasteiger charge is 2.25. The van der Waals surface area contributed by atoms with Crippen molar-refractivity contribution in [2.75, 3.05) is 13.2 Å². The van der Waals surface area contributed by atoms with Crippen LogP contribution in [0.2, 0.25) is 5.02 Å². The molecular weight excluding hydrogens is 266 g/mol. The molecule has 3 rings (SSSR count). The molecule has 2 nitrogen and oxygen atoms in total. The molecular formula is C14H16ClNOS. The minimum Gasteiger partial charge on any atom is -0.395 e. The average Bonchev–Trinajstić information content (AvgIpc) is 2.96. The van der Waals surface area contributed by atoms with Gasteiger partial charge >= 0.3 is 0 Å². The Balaban J connectivity index is 1.88. The number of aliphatic hydroxyl groups excluding tert-OH is 1. The molecule has 1 saturated heterocycles. The van der Waals surface area contributed by atoms with Gasteiger partial charge in [-0.2, -0.15) is 0 Å². The molecule has 4 heteroatoms. The predicted molar refractivity (Wildman–Crippen MR) is 77.4 cm³/mol. The van der Waals surface area contributed by atoms with Gasteiger partial charge in [0.05, 0.1) is 11.6 Å². The fourth-order valence-corrected chi connectivity index (χ4v) is 4.18. The van der Waals surface area contributed by atoms with Crippen LogP contribution in [0.1, 0.15) is 17.7 Å². The Morgan fingerprint density at radius 2 is 2.22 bits per heavy atom. The molecule has 0 saturated carbocycles. The van der Waals surface area contributed by atoms with E-state index in [-0.39, 0.29) is 6.61 Å². The lowest BCUT2D eigenvalue weighted by Crippen LogP contribution is -2.31. The van der Waals surface area contributed by atoms with Crippen molar-refractivity contribution in [3.8, 4) is 0 Å². The standard InChI is InChI=1S/C14H16ClNOS/c15-14-11-5-1-2-6-12(11)18-13(14)8-16-7-3-4-10(16)9-17/h1-2,5-6,10,17H,3-4,7-9H2/t10-/m0/s1. The Kier molecular flexibility index (Phi) is 3.57. The van der Waals surface area contributed by atoms with Gasteiger partial charge in [0.1, 0.15) is 0 Å². The first-order valence-corrected chi connectivity index (χ1v) is 7.50. The van der Waals surface area contributed by atoms with Crippen LogP contribution in [0.5, 0.6) is 0 Å². The van der Waals surface area contributed by atoms with E-state index in [0.29, 0.717) is 6.04 Å². The molecule has 0 amide bonds. The Hall–Kier alpha value is -0.610. The molecule has 0 radical (unpaired) electrons. The third-order valence-corrected chi connectivity index (χ3v) is 5.36. The fraction of sp³-hybridized carbons (Fsp3) is 0.429. The molecule has 1 aromatic heterocycles. The number of nitrogens with zero attached hydrogens (tertiary/aromatic N) is 1. The minimum absolute atomic E-state index is 0.252. The number of aliphatic hydroxyl groups is 1. The van der Waals surface area contributed by atoms with Crippen molar-refractivity contribution < 1.29 is 5.11 Å². The summed E-state index contributed by atoms with van der Waals surface area (Å²) in [5, 5.41) is 11.4. The van der Waals surface area contributed by atoms with E-state index in [1.165, 1.54) is 16.0 Å². The van der Waals surface area contributed by atoms with E-state index in [1.807, 2.05) is 12.1 Å². The van der Waals surface area contributed by atoms with Crippen LogP contribution in [0.15, 0.2) is 24.3 Å². The van der Waals surface area contributed by atoms with Gasteiger partial charge in [0.15, 0.2) is 0 Å². The molecule has 1 aliphatic heterocycles. The second kappa shape index (κ2) is 5.17. The molecule has 1 fully saturated rings. The largest absolute Gasteiger partial charge is 0.395 e. The number of benzene rings is 1. The van der Waals surface area contributed by atoms with Gasteiger partial charge in [-0.3, -0.25) is 4.90 Å². The summed E-state index contributed by atoms with van der Waals surface area (Å²) < 4.78 is 1.25. The summed E-state index contributed by atoms with van der Waals surface area (Å²) in [5.41, 5.74) is 0. The zero-order chi connectivity index (χ0) is 12.5. The highest BCUT2D eigenvalue weighted by Crippen LogP contribution is 2.36. The number of halogens is 1. The molecule has 1 aromatic carbocycles. The quantitative estimate of drug-likeness (QED) is 0.931. The van der Waals surface area contributed by atoms with Gasteiger partial charge < -0.3 is 5.11 Å². The first kappa shape index (κ1) is 12.4. The van der Waals surface area contributed by atoms with Crippen molar-refractivity contribution in [1.82, 2.24) is 4.90 Å². The maximum absolute atomic E-state index is 9.35. The van der Waals surface area contributed by atoms with Gasteiger partial charge in [-0.15, -0.1) is 11.3 Å². The molecule has 0 aliphatic carbocycles. The van der Waals surface area contributed by atoms with Gasteiger partial charge in [-0.25, -0.2) is 0 Å². The molecule has 2 heterocycles. The second-order valence-electron chi connectivity index (χ2n) is 4.78. The van der Waals surface area contributed by atoms with Gasteiger partial charge in [0.25, 0.3) is 0 Å². The van der Waals surface area contributed by atoms with Gasteiger partial charge in [0, 0.05) is 27.5 Å². The number of fused-ring (bicyclic) bond motifs is 1. The van der Waals surface area contributed by atoms with Crippen LogP contribution in [0.4, 0.5) is 0 Å². The maximum Gasteiger partial charge on any atom is 0.0637 e. The molecule has 1 N–H and O–H groups in total. The normalized spacial score (nSPS) is 20.9. The summed E-state index contributed by atoms with van der Waals surface area (Å²) in [4.78, 5) is 3.56. The highest BCUT2D eigenvalue weighted by molar-refractivity contribution is 7.19. The Morgan fingerprint density at radius 1 is 1.39 bits per heavy atom. The van der Waals surface area contributed by atoms with Crippen LogP contribution < -0.4 is 0 Å². The second-order valence-corrected chi connectivity index (χ2v) is 6.30. The third-order valence-electron chi connectivity index (χ3n) is 3.66. The van der Waals surface area contributed by atoms with Gasteiger partial charge in [-0.05, 0) is 25.5 Å². The van der Waals surface area contributed by atoms with E-state index < -0.39 is 0 Å². The van der Waals surface area contributed by atoms with Crippen LogP contribution in [0.3, 0.4) is 0 Å². The lowest BCUT2D eigenvalue weighted by Gasteiger charge is -2.21. The fourth-order valence-electron chi connectivity index (χ4n) is 2.66. The summed E-state index contributed by atoms with van der Waals surface area (Å²) in [5.74, 6) is 0. The van der Waals surface area contributed by atoms with Crippen LogP contribution in [0.25, 0.3) is 10.1 Å². The van der Waals surface area contributed by atoms with Gasteiger partial charge in [0.2, 0.25) is 0 Å². The number of thiophene rings is 1. The van der Waals surface area contributed by atoms with Gasteiger partial charge in [-0.1, -0.05) is 29.8 Å². The molecule has 1 aliphatic rings. The Labute approximate surface area is 116 Å². The molecule has 2 aromatic rings. The first-order chi connectivity index (χ1) is 8.79. The number of hydrogen-bond acceptors (Lipinski definition) is 3. The van der Waals surface area contributed by atoms with Crippen LogP contribution in [-0.4, -0.2) is 29.2 Å². The molecule has 0 unspecified atom stereocenters. The molecule has 18 heavy (non-hydrogen) atoms. The predicted octanol–water partition coefficient (Wildman–Crippen LogP) is 3.51. The number of hydrogen-bond donors (Lipinski definition) is 1. The van der Waals surface area contributed by atoms with E-state index in [1.54, 1.807) is 11.3 Å². The monoisotopic (exact) mass is 281 g/mol. The zero-order valence-corrected chi connectivity index (χ0v) is 11.7. The lowest BCUT2D eigenvalue weighted by atomic mass is 10.2. The highest BCUT2D eigenvalue weighted by atomic mass is 35.5. The number of rotatable bonds is 3. The maximum atomic E-state index is 9.35. The van der Waals surface area contributed by atoms with Crippen LogP contribution in [-0.2, 0) is 6.54 Å². The van der Waals surface area contributed by atoms with Crippen molar-refractivity contribution in [1.29, 1.82) is 0 Å². The molecule has 0 spiro atoms. The summed E-state index contributed by atoms with van der Waals surface area (Å²) >= 11 is 8.22. The zero-order valence-electron chi connectivity index (χ0n) is 10.1. The smallest absolute Gasteiger partial charge is 0.0637 e.